The van der Waals surface area contributed by atoms with E-state index >= 15 is 0 Å². The zero-order valence-electron chi connectivity index (χ0n) is 7.10. The summed E-state index contributed by atoms with van der Waals surface area (Å²) in [6, 6.07) is 5.10. The highest BCUT2D eigenvalue weighted by molar-refractivity contribution is 6.32. The van der Waals surface area contributed by atoms with E-state index in [1.165, 1.54) is 6.07 Å². The SMILES string of the molecule is Cc1c(Cl)ccc2[nH]ccc(=O)c12. The minimum absolute atomic E-state index is 0.00810. The number of fused-ring (bicyclic) bond motifs is 1. The van der Waals surface area contributed by atoms with Crippen molar-refractivity contribution in [1.29, 1.82) is 0 Å². The highest BCUT2D eigenvalue weighted by Crippen LogP contribution is 2.20. The second-order valence-electron chi connectivity index (χ2n) is 2.94. The van der Waals surface area contributed by atoms with Crippen molar-refractivity contribution < 1.29 is 0 Å². The summed E-state index contributed by atoms with van der Waals surface area (Å²) in [5.74, 6) is 0. The van der Waals surface area contributed by atoms with E-state index < -0.39 is 0 Å². The van der Waals surface area contributed by atoms with E-state index in [0.29, 0.717) is 10.4 Å². The maximum Gasteiger partial charge on any atom is 0.189 e. The third-order valence-corrected chi connectivity index (χ3v) is 2.53. The number of halogens is 1. The Balaban J connectivity index is 3.06. The van der Waals surface area contributed by atoms with Crippen LogP contribution in [0.25, 0.3) is 10.9 Å². The van der Waals surface area contributed by atoms with Crippen molar-refractivity contribution in [2.24, 2.45) is 0 Å². The van der Waals surface area contributed by atoms with Crippen molar-refractivity contribution in [2.75, 3.05) is 0 Å². The van der Waals surface area contributed by atoms with Crippen molar-refractivity contribution in [2.45, 2.75) is 6.92 Å². The molecule has 1 aromatic carbocycles. The molecule has 0 atom stereocenters. The number of rotatable bonds is 0. The highest BCUT2D eigenvalue weighted by Gasteiger charge is 2.03. The van der Waals surface area contributed by atoms with Crippen LogP contribution in [0.15, 0.2) is 29.2 Å². The van der Waals surface area contributed by atoms with Gasteiger partial charge in [-0.1, -0.05) is 11.6 Å². The predicted octanol–water partition coefficient (Wildman–Crippen LogP) is 2.49. The van der Waals surface area contributed by atoms with Gasteiger partial charge in [-0.05, 0) is 24.6 Å². The number of benzene rings is 1. The van der Waals surface area contributed by atoms with Crippen LogP contribution in [0.2, 0.25) is 5.02 Å². The van der Waals surface area contributed by atoms with Gasteiger partial charge < -0.3 is 4.98 Å². The van der Waals surface area contributed by atoms with E-state index in [-0.39, 0.29) is 5.43 Å². The summed E-state index contributed by atoms with van der Waals surface area (Å²) in [6.45, 7) is 1.85. The van der Waals surface area contributed by atoms with Gasteiger partial charge in [0.25, 0.3) is 0 Å². The van der Waals surface area contributed by atoms with Crippen LogP contribution in [-0.4, -0.2) is 4.98 Å². The highest BCUT2D eigenvalue weighted by atomic mass is 35.5. The minimum Gasteiger partial charge on any atom is -0.361 e. The Morgan fingerprint density at radius 3 is 2.85 bits per heavy atom. The number of H-pyrrole nitrogens is 1. The third kappa shape index (κ3) is 1.23. The molecule has 3 heteroatoms. The van der Waals surface area contributed by atoms with Gasteiger partial charge in [0.05, 0.1) is 0 Å². The van der Waals surface area contributed by atoms with Crippen LogP contribution in [0.4, 0.5) is 0 Å². The summed E-state index contributed by atoms with van der Waals surface area (Å²) in [4.78, 5) is 14.5. The van der Waals surface area contributed by atoms with Crippen LogP contribution in [0.3, 0.4) is 0 Å². The van der Waals surface area contributed by atoms with Gasteiger partial charge in [-0.25, -0.2) is 0 Å². The Hall–Kier alpha value is -1.28. The molecular formula is C10H8ClNO. The van der Waals surface area contributed by atoms with Crippen molar-refractivity contribution >= 4 is 22.5 Å². The smallest absolute Gasteiger partial charge is 0.189 e. The lowest BCUT2D eigenvalue weighted by Crippen LogP contribution is -2.02. The van der Waals surface area contributed by atoms with Gasteiger partial charge in [0, 0.05) is 28.2 Å². The lowest BCUT2D eigenvalue weighted by molar-refractivity contribution is 1.37. The summed E-state index contributed by atoms with van der Waals surface area (Å²) in [5, 5.41) is 1.30. The van der Waals surface area contributed by atoms with Gasteiger partial charge >= 0.3 is 0 Å². The quantitative estimate of drug-likeness (QED) is 0.685. The maximum absolute atomic E-state index is 11.5. The maximum atomic E-state index is 11.5. The van der Waals surface area contributed by atoms with Gasteiger partial charge in [-0.3, -0.25) is 4.79 Å². The lowest BCUT2D eigenvalue weighted by Gasteiger charge is -2.02. The average Bonchev–Trinajstić information content (AvgIpc) is 2.12. The molecule has 1 heterocycles. The Bertz CT molecular complexity index is 516. The van der Waals surface area contributed by atoms with E-state index in [1.54, 1.807) is 12.3 Å². The topological polar surface area (TPSA) is 32.9 Å². The van der Waals surface area contributed by atoms with Gasteiger partial charge in [0.15, 0.2) is 5.43 Å². The molecule has 0 saturated carbocycles. The molecule has 0 bridgehead atoms. The van der Waals surface area contributed by atoms with Gasteiger partial charge in [0.1, 0.15) is 0 Å². The summed E-state index contributed by atoms with van der Waals surface area (Å²) in [5.41, 5.74) is 1.67. The Morgan fingerprint density at radius 2 is 2.08 bits per heavy atom. The first-order chi connectivity index (χ1) is 6.20. The average molecular weight is 194 g/mol. The van der Waals surface area contributed by atoms with Crippen LogP contribution in [0.1, 0.15) is 5.56 Å². The zero-order chi connectivity index (χ0) is 9.42. The fraction of sp³-hybridized carbons (Fsp3) is 0.100. The molecule has 0 amide bonds. The lowest BCUT2D eigenvalue weighted by atomic mass is 10.1. The Labute approximate surface area is 80.2 Å². The second-order valence-corrected chi connectivity index (χ2v) is 3.34. The Kier molecular flexibility index (Phi) is 1.85. The molecule has 2 aromatic rings. The molecule has 2 nitrogen and oxygen atoms in total. The molecule has 0 unspecified atom stereocenters. The number of hydrogen-bond acceptors (Lipinski definition) is 1. The predicted molar refractivity (Wildman–Crippen MR) is 54.3 cm³/mol. The number of aromatic amines is 1. The van der Waals surface area contributed by atoms with Crippen LogP contribution in [-0.2, 0) is 0 Å². The van der Waals surface area contributed by atoms with Crippen LogP contribution in [0.5, 0.6) is 0 Å². The van der Waals surface area contributed by atoms with Crippen LogP contribution >= 0.6 is 11.6 Å². The van der Waals surface area contributed by atoms with E-state index in [1.807, 2.05) is 13.0 Å². The number of aromatic nitrogens is 1. The molecule has 2 rings (SSSR count). The summed E-state index contributed by atoms with van der Waals surface area (Å²) in [7, 11) is 0. The van der Waals surface area contributed by atoms with E-state index in [2.05, 4.69) is 4.98 Å². The van der Waals surface area contributed by atoms with Crippen molar-refractivity contribution in [3.8, 4) is 0 Å². The normalized spacial score (nSPS) is 10.6. The van der Waals surface area contributed by atoms with Crippen molar-refractivity contribution in [3.05, 3.63) is 45.2 Å². The number of aryl methyl sites for hydroxylation is 1. The van der Waals surface area contributed by atoms with Crippen LogP contribution < -0.4 is 5.43 Å². The first kappa shape index (κ1) is 8.32. The second kappa shape index (κ2) is 2.89. The molecule has 0 aliphatic heterocycles. The Morgan fingerprint density at radius 1 is 1.31 bits per heavy atom. The zero-order valence-corrected chi connectivity index (χ0v) is 7.85. The first-order valence-corrected chi connectivity index (χ1v) is 4.34. The van der Waals surface area contributed by atoms with E-state index in [4.69, 9.17) is 11.6 Å². The van der Waals surface area contributed by atoms with Crippen molar-refractivity contribution in [1.82, 2.24) is 4.98 Å². The van der Waals surface area contributed by atoms with Gasteiger partial charge in [0.2, 0.25) is 0 Å². The monoisotopic (exact) mass is 193 g/mol. The van der Waals surface area contributed by atoms with Gasteiger partial charge in [-0.2, -0.15) is 0 Å². The molecule has 66 valence electrons. The number of nitrogens with one attached hydrogen (secondary N) is 1. The van der Waals surface area contributed by atoms with E-state index in [9.17, 15) is 4.79 Å². The van der Waals surface area contributed by atoms with Gasteiger partial charge in [-0.15, -0.1) is 0 Å². The summed E-state index contributed by atoms with van der Waals surface area (Å²) in [6.07, 6.45) is 1.64. The minimum atomic E-state index is 0.00810. The summed E-state index contributed by atoms with van der Waals surface area (Å²) >= 11 is 5.91. The molecule has 0 aliphatic carbocycles. The van der Waals surface area contributed by atoms with Crippen LogP contribution in [0, 0.1) is 6.92 Å². The molecule has 0 saturated heterocycles. The standard InChI is InChI=1S/C10H8ClNO/c1-6-7(11)2-3-8-10(6)9(13)4-5-12-8/h2-5H,1H3,(H,12,13). The molecule has 13 heavy (non-hydrogen) atoms. The van der Waals surface area contributed by atoms with Crippen molar-refractivity contribution in [3.63, 3.8) is 0 Å². The number of pyridine rings is 1. The molecule has 1 N–H and O–H groups in total. The molecule has 1 aromatic heterocycles. The third-order valence-electron chi connectivity index (χ3n) is 2.12. The molecule has 0 spiro atoms. The molecule has 0 fully saturated rings. The van der Waals surface area contributed by atoms with E-state index in [0.717, 1.165) is 11.1 Å². The largest absolute Gasteiger partial charge is 0.361 e. The number of hydrogen-bond donors (Lipinski definition) is 1. The fourth-order valence-corrected chi connectivity index (χ4v) is 1.57. The first-order valence-electron chi connectivity index (χ1n) is 3.96. The molecule has 0 aliphatic rings. The fourth-order valence-electron chi connectivity index (χ4n) is 1.41. The molecule has 0 radical (unpaired) electrons. The molecular weight excluding hydrogens is 186 g/mol. The summed E-state index contributed by atoms with van der Waals surface area (Å²) < 4.78 is 0.